The van der Waals surface area contributed by atoms with Crippen LogP contribution in [0, 0.1) is 5.82 Å². The number of pyridine rings is 1. The van der Waals surface area contributed by atoms with Gasteiger partial charge in [-0.2, -0.15) is 0 Å². The minimum Gasteiger partial charge on any atom is -0.489 e. The minimum absolute atomic E-state index is 0.188. The van der Waals surface area contributed by atoms with Gasteiger partial charge in [-0.3, -0.25) is 0 Å². The molecule has 6 rings (SSSR count). The summed E-state index contributed by atoms with van der Waals surface area (Å²) in [6.07, 6.45) is 0. The fraction of sp³-hybridized carbons (Fsp3) is 0.0312. The summed E-state index contributed by atoms with van der Waals surface area (Å²) in [6, 6.07) is 39.7. The van der Waals surface area contributed by atoms with E-state index in [0.29, 0.717) is 11.3 Å². The highest BCUT2D eigenvalue weighted by Crippen LogP contribution is 2.37. The Kier molecular flexibility index (Phi) is 5.44. The Hall–Kier alpha value is -4.50. The van der Waals surface area contributed by atoms with Crippen LogP contribution >= 0.6 is 0 Å². The first kappa shape index (κ1) is 21.1. The third-order valence-corrected chi connectivity index (χ3v) is 6.29. The van der Waals surface area contributed by atoms with Crippen molar-refractivity contribution in [3.63, 3.8) is 0 Å². The van der Waals surface area contributed by atoms with Crippen LogP contribution in [0.3, 0.4) is 0 Å². The number of nitrogens with zero attached hydrogens (tertiary/aromatic N) is 1. The molecule has 0 saturated carbocycles. The van der Waals surface area contributed by atoms with E-state index < -0.39 is 0 Å². The zero-order valence-electron chi connectivity index (χ0n) is 19.0. The Morgan fingerprint density at radius 2 is 1.40 bits per heavy atom. The third-order valence-electron chi connectivity index (χ3n) is 6.29. The number of benzene rings is 5. The molecule has 0 radical (unpaired) electrons. The van der Waals surface area contributed by atoms with Crippen LogP contribution in [0.4, 0.5) is 4.39 Å². The molecular weight excluding hydrogens is 433 g/mol. The molecule has 0 unspecified atom stereocenters. The Morgan fingerprint density at radius 3 is 2.23 bits per heavy atom. The molecule has 2 nitrogen and oxygen atoms in total. The molecule has 6 aromatic rings. The molecule has 0 aliphatic heterocycles. The number of rotatable bonds is 5. The summed E-state index contributed by atoms with van der Waals surface area (Å²) >= 11 is 0. The Bertz CT molecular complexity index is 1640. The van der Waals surface area contributed by atoms with Crippen LogP contribution in [-0.4, -0.2) is 4.98 Å². The zero-order valence-corrected chi connectivity index (χ0v) is 19.0. The second-order valence-electron chi connectivity index (χ2n) is 8.51. The number of halogens is 1. The van der Waals surface area contributed by atoms with Gasteiger partial charge in [-0.25, -0.2) is 9.37 Å². The fourth-order valence-electron chi connectivity index (χ4n) is 4.50. The van der Waals surface area contributed by atoms with E-state index in [0.717, 1.165) is 33.3 Å². The van der Waals surface area contributed by atoms with Gasteiger partial charge in [0.25, 0.3) is 0 Å². The van der Waals surface area contributed by atoms with Crippen molar-refractivity contribution >= 4 is 21.7 Å². The molecule has 0 atom stereocenters. The monoisotopic (exact) mass is 455 g/mol. The van der Waals surface area contributed by atoms with Crippen LogP contribution in [0.25, 0.3) is 44.1 Å². The number of hydrogen-bond donors (Lipinski definition) is 0. The predicted octanol–water partition coefficient (Wildman–Crippen LogP) is 8.44. The SMILES string of the molecule is Fc1ccccc1COc1ccc(-c2cc(-c3ccccc3)nc3ccc4ccccc4c23)cc1. The quantitative estimate of drug-likeness (QED) is 0.243. The highest BCUT2D eigenvalue weighted by atomic mass is 19.1. The minimum atomic E-state index is -0.257. The smallest absolute Gasteiger partial charge is 0.129 e. The summed E-state index contributed by atoms with van der Waals surface area (Å²) in [5, 5.41) is 3.48. The van der Waals surface area contributed by atoms with Crippen molar-refractivity contribution in [3.05, 3.63) is 133 Å². The van der Waals surface area contributed by atoms with Crippen molar-refractivity contribution in [2.24, 2.45) is 0 Å². The van der Waals surface area contributed by atoms with Gasteiger partial charge >= 0.3 is 0 Å². The molecule has 0 saturated heterocycles. The summed E-state index contributed by atoms with van der Waals surface area (Å²) < 4.78 is 19.8. The van der Waals surface area contributed by atoms with E-state index in [4.69, 9.17) is 9.72 Å². The average Bonchev–Trinajstić information content (AvgIpc) is 2.92. The number of aromatic nitrogens is 1. The molecule has 5 aromatic carbocycles. The summed E-state index contributed by atoms with van der Waals surface area (Å²) in [5.74, 6) is 0.441. The normalized spacial score (nSPS) is 11.1. The molecule has 168 valence electrons. The zero-order chi connectivity index (χ0) is 23.6. The molecule has 0 bridgehead atoms. The lowest BCUT2D eigenvalue weighted by Crippen LogP contribution is -1.98. The fourth-order valence-corrected chi connectivity index (χ4v) is 4.50. The van der Waals surface area contributed by atoms with Crippen LogP contribution in [0.5, 0.6) is 5.75 Å². The summed E-state index contributed by atoms with van der Waals surface area (Å²) in [5.41, 5.74) is 5.70. The first-order valence-corrected chi connectivity index (χ1v) is 11.6. The largest absolute Gasteiger partial charge is 0.489 e. The summed E-state index contributed by atoms with van der Waals surface area (Å²) in [7, 11) is 0. The molecule has 0 N–H and O–H groups in total. The molecule has 0 aliphatic rings. The maximum atomic E-state index is 13.9. The second-order valence-corrected chi connectivity index (χ2v) is 8.51. The molecule has 1 heterocycles. The van der Waals surface area contributed by atoms with E-state index in [1.165, 1.54) is 16.8 Å². The van der Waals surface area contributed by atoms with Gasteiger partial charge in [0.05, 0.1) is 11.2 Å². The van der Waals surface area contributed by atoms with E-state index in [-0.39, 0.29) is 12.4 Å². The van der Waals surface area contributed by atoms with Gasteiger partial charge in [-0.1, -0.05) is 91.0 Å². The van der Waals surface area contributed by atoms with Crippen LogP contribution in [0.15, 0.2) is 121 Å². The van der Waals surface area contributed by atoms with Crippen molar-refractivity contribution in [2.45, 2.75) is 6.61 Å². The van der Waals surface area contributed by atoms with E-state index in [2.05, 4.69) is 66.7 Å². The van der Waals surface area contributed by atoms with Crippen molar-refractivity contribution in [3.8, 4) is 28.1 Å². The topological polar surface area (TPSA) is 22.1 Å². The number of hydrogen-bond acceptors (Lipinski definition) is 2. The van der Waals surface area contributed by atoms with Crippen molar-refractivity contribution in [1.29, 1.82) is 0 Å². The lowest BCUT2D eigenvalue weighted by atomic mass is 9.94. The number of ether oxygens (including phenoxy) is 1. The standard InChI is InChI=1S/C32H22FNO/c33-29-13-7-5-11-25(29)21-35-26-17-14-23(15-18-26)28-20-31(24-9-2-1-3-10-24)34-30-19-16-22-8-4-6-12-27(22)32(28)30/h1-20H,21H2. The van der Waals surface area contributed by atoms with Crippen LogP contribution in [0.2, 0.25) is 0 Å². The van der Waals surface area contributed by atoms with Crippen LogP contribution in [0.1, 0.15) is 5.56 Å². The van der Waals surface area contributed by atoms with Gasteiger partial charge in [0.2, 0.25) is 0 Å². The van der Waals surface area contributed by atoms with Gasteiger partial charge in [-0.05, 0) is 52.2 Å². The molecule has 0 aliphatic carbocycles. The van der Waals surface area contributed by atoms with Gasteiger partial charge in [0.1, 0.15) is 18.2 Å². The van der Waals surface area contributed by atoms with Gasteiger partial charge in [-0.15, -0.1) is 0 Å². The number of fused-ring (bicyclic) bond motifs is 3. The highest BCUT2D eigenvalue weighted by Gasteiger charge is 2.13. The van der Waals surface area contributed by atoms with E-state index >= 15 is 0 Å². The molecular formula is C32H22FNO. The average molecular weight is 456 g/mol. The first-order valence-electron chi connectivity index (χ1n) is 11.6. The van der Waals surface area contributed by atoms with Gasteiger partial charge < -0.3 is 4.74 Å². The summed E-state index contributed by atoms with van der Waals surface area (Å²) in [6.45, 7) is 0.188. The van der Waals surface area contributed by atoms with Gasteiger partial charge in [0, 0.05) is 16.5 Å². The Labute approximate surface area is 203 Å². The third kappa shape index (κ3) is 4.13. The highest BCUT2D eigenvalue weighted by molar-refractivity contribution is 6.13. The molecule has 0 amide bonds. The van der Waals surface area contributed by atoms with E-state index in [1.807, 2.05) is 36.4 Å². The molecule has 0 spiro atoms. The maximum Gasteiger partial charge on any atom is 0.129 e. The Morgan fingerprint density at radius 1 is 0.657 bits per heavy atom. The van der Waals surface area contributed by atoms with Crippen molar-refractivity contribution < 1.29 is 9.13 Å². The van der Waals surface area contributed by atoms with Crippen molar-refractivity contribution in [1.82, 2.24) is 4.98 Å². The second kappa shape index (κ2) is 9.03. The predicted molar refractivity (Wildman–Crippen MR) is 141 cm³/mol. The van der Waals surface area contributed by atoms with E-state index in [9.17, 15) is 4.39 Å². The summed E-state index contributed by atoms with van der Waals surface area (Å²) in [4.78, 5) is 5.01. The maximum absolute atomic E-state index is 13.9. The first-order chi connectivity index (χ1) is 17.3. The van der Waals surface area contributed by atoms with Gasteiger partial charge in [0.15, 0.2) is 0 Å². The lowest BCUT2D eigenvalue weighted by molar-refractivity contribution is 0.300. The van der Waals surface area contributed by atoms with Crippen LogP contribution in [-0.2, 0) is 6.61 Å². The van der Waals surface area contributed by atoms with E-state index in [1.54, 1.807) is 12.1 Å². The molecule has 3 heteroatoms. The molecule has 0 fully saturated rings. The Balaban J connectivity index is 1.44. The lowest BCUT2D eigenvalue weighted by Gasteiger charge is -2.14. The molecule has 1 aromatic heterocycles. The van der Waals surface area contributed by atoms with Crippen molar-refractivity contribution in [2.75, 3.05) is 0 Å². The molecule has 35 heavy (non-hydrogen) atoms. The van der Waals surface area contributed by atoms with Crippen LogP contribution < -0.4 is 4.74 Å².